The van der Waals surface area contributed by atoms with Gasteiger partial charge in [-0.3, -0.25) is 19.2 Å². The summed E-state index contributed by atoms with van der Waals surface area (Å²) in [6.07, 6.45) is 3.35. The maximum atomic E-state index is 12.3. The van der Waals surface area contributed by atoms with Crippen LogP contribution in [-0.2, 0) is 9.53 Å². The predicted octanol–water partition coefficient (Wildman–Crippen LogP) is 2.64. The summed E-state index contributed by atoms with van der Waals surface area (Å²) in [5, 5.41) is 0. The molecule has 1 fully saturated rings. The molecule has 1 N–H and O–H groups in total. The van der Waals surface area contributed by atoms with Gasteiger partial charge in [-0.1, -0.05) is 30.3 Å². The second kappa shape index (κ2) is 9.12. The summed E-state index contributed by atoms with van der Waals surface area (Å²) in [6, 6.07) is 10.2. The molecule has 0 bridgehead atoms. The van der Waals surface area contributed by atoms with E-state index in [1.807, 2.05) is 6.07 Å². The number of ether oxygens (including phenoxy) is 1. The number of nitrogens with zero attached hydrogens (tertiary/aromatic N) is 1. The molecule has 28 heavy (non-hydrogen) atoms. The molecule has 0 aliphatic carbocycles. The smallest absolute Gasteiger partial charge is 0.306 e. The number of carbonyl (C=O) groups excluding carboxylic acids is 4. The van der Waals surface area contributed by atoms with Crippen molar-refractivity contribution in [3.8, 4) is 0 Å². The first-order valence-electron chi connectivity index (χ1n) is 9.29. The number of H-pyrrole nitrogens is 1. The van der Waals surface area contributed by atoms with Gasteiger partial charge in [-0.25, -0.2) is 0 Å². The summed E-state index contributed by atoms with van der Waals surface area (Å²) in [5.74, 6) is -1.30. The second-order valence-electron chi connectivity index (χ2n) is 6.67. The topological polar surface area (TPSA) is 96.5 Å². The number of benzene rings is 1. The van der Waals surface area contributed by atoms with Crippen LogP contribution in [0.4, 0.5) is 0 Å². The third kappa shape index (κ3) is 4.94. The van der Waals surface area contributed by atoms with Gasteiger partial charge in [0.15, 0.2) is 12.4 Å². The van der Waals surface area contributed by atoms with Crippen molar-refractivity contribution in [3.63, 3.8) is 0 Å². The molecule has 1 aliphatic rings. The fourth-order valence-corrected chi connectivity index (χ4v) is 3.05. The van der Waals surface area contributed by atoms with E-state index in [0.29, 0.717) is 11.3 Å². The molecule has 0 saturated carbocycles. The molecule has 0 radical (unpaired) electrons. The van der Waals surface area contributed by atoms with E-state index >= 15 is 0 Å². The quantitative estimate of drug-likeness (QED) is 0.559. The van der Waals surface area contributed by atoms with Crippen LogP contribution < -0.4 is 0 Å². The molecule has 1 aromatic carbocycles. The number of aromatic nitrogens is 1. The number of likely N-dealkylation sites (tertiary alicyclic amines) is 1. The van der Waals surface area contributed by atoms with E-state index in [2.05, 4.69) is 4.98 Å². The van der Waals surface area contributed by atoms with Crippen LogP contribution in [0.15, 0.2) is 42.6 Å². The highest BCUT2D eigenvalue weighted by atomic mass is 16.5. The van der Waals surface area contributed by atoms with E-state index in [0.717, 1.165) is 25.9 Å². The van der Waals surface area contributed by atoms with Gasteiger partial charge in [0.2, 0.25) is 5.78 Å². The third-order valence-electron chi connectivity index (χ3n) is 4.64. The lowest BCUT2D eigenvalue weighted by Gasteiger charge is -2.13. The lowest BCUT2D eigenvalue weighted by atomic mass is 10.1. The Labute approximate surface area is 162 Å². The molecule has 1 saturated heterocycles. The molecule has 1 amide bonds. The van der Waals surface area contributed by atoms with Crippen molar-refractivity contribution in [2.75, 3.05) is 19.7 Å². The van der Waals surface area contributed by atoms with Crippen molar-refractivity contribution >= 4 is 23.4 Å². The Hall–Kier alpha value is -3.22. The molecule has 2 heterocycles. The van der Waals surface area contributed by atoms with Crippen molar-refractivity contribution < 1.29 is 23.9 Å². The summed E-state index contributed by atoms with van der Waals surface area (Å²) >= 11 is 0. The van der Waals surface area contributed by atoms with Gasteiger partial charge in [-0.2, -0.15) is 0 Å². The largest absolute Gasteiger partial charge is 0.457 e. The third-order valence-corrected chi connectivity index (χ3v) is 4.64. The van der Waals surface area contributed by atoms with Crippen LogP contribution in [0.25, 0.3) is 0 Å². The van der Waals surface area contributed by atoms with Crippen molar-refractivity contribution in [3.05, 3.63) is 59.4 Å². The lowest BCUT2D eigenvalue weighted by molar-refractivity contribution is -0.142. The second-order valence-corrected chi connectivity index (χ2v) is 6.67. The van der Waals surface area contributed by atoms with Crippen LogP contribution in [0, 0.1) is 0 Å². The molecule has 1 aliphatic heterocycles. The van der Waals surface area contributed by atoms with E-state index in [-0.39, 0.29) is 30.1 Å². The number of hydrogen-bond donors (Lipinski definition) is 1. The molecule has 1 aromatic heterocycles. The summed E-state index contributed by atoms with van der Waals surface area (Å²) < 4.78 is 4.96. The Morgan fingerprint density at radius 1 is 0.929 bits per heavy atom. The van der Waals surface area contributed by atoms with Crippen LogP contribution >= 0.6 is 0 Å². The Balaban J connectivity index is 1.44. The summed E-state index contributed by atoms with van der Waals surface area (Å²) in [6.45, 7) is 1.02. The molecule has 0 atom stereocenters. The van der Waals surface area contributed by atoms with Crippen molar-refractivity contribution in [2.24, 2.45) is 0 Å². The number of aromatic amines is 1. The van der Waals surface area contributed by atoms with Gasteiger partial charge >= 0.3 is 5.97 Å². The first-order valence-corrected chi connectivity index (χ1v) is 9.29. The molecule has 0 spiro atoms. The minimum Gasteiger partial charge on any atom is -0.457 e. The van der Waals surface area contributed by atoms with Crippen molar-refractivity contribution in [1.82, 2.24) is 9.88 Å². The summed E-state index contributed by atoms with van der Waals surface area (Å²) in [7, 11) is 0. The highest BCUT2D eigenvalue weighted by molar-refractivity contribution is 6.01. The summed E-state index contributed by atoms with van der Waals surface area (Å²) in [5.41, 5.74) is 1.18. The average molecular weight is 382 g/mol. The van der Waals surface area contributed by atoms with Gasteiger partial charge in [-0.15, -0.1) is 0 Å². The monoisotopic (exact) mass is 382 g/mol. The van der Waals surface area contributed by atoms with Gasteiger partial charge in [-0.05, 0) is 18.9 Å². The van der Waals surface area contributed by atoms with Crippen molar-refractivity contribution in [2.45, 2.75) is 25.7 Å². The van der Waals surface area contributed by atoms with Crippen LogP contribution in [0.3, 0.4) is 0 Å². The number of carbonyl (C=O) groups is 4. The molecule has 7 nitrogen and oxygen atoms in total. The summed E-state index contributed by atoms with van der Waals surface area (Å²) in [4.78, 5) is 52.8. The maximum absolute atomic E-state index is 12.3. The van der Waals surface area contributed by atoms with E-state index in [9.17, 15) is 19.2 Å². The van der Waals surface area contributed by atoms with Crippen LogP contribution in [0.5, 0.6) is 0 Å². The standard InChI is InChI=1S/C21H22N2O5/c24-18(15-6-2-1-3-7-15)8-9-20(26)28-14-19(25)16-12-17(22-13-16)21(27)23-10-4-5-11-23/h1-3,6-7,12-13,22H,4-5,8-11,14H2. The SMILES string of the molecule is O=C(CCC(=O)c1ccccc1)OCC(=O)c1c[nH]c(C(=O)N2CCCC2)c1. The van der Waals surface area contributed by atoms with E-state index in [1.165, 1.54) is 12.3 Å². The molecule has 7 heteroatoms. The normalized spacial score (nSPS) is 13.4. The highest BCUT2D eigenvalue weighted by Gasteiger charge is 2.22. The van der Waals surface area contributed by atoms with Crippen LogP contribution in [0.2, 0.25) is 0 Å². The predicted molar refractivity (Wildman–Crippen MR) is 101 cm³/mol. The minimum absolute atomic E-state index is 0.0235. The molecule has 146 valence electrons. The molecule has 3 rings (SSSR count). The average Bonchev–Trinajstić information content (AvgIpc) is 3.42. The van der Waals surface area contributed by atoms with Gasteiger partial charge in [0.25, 0.3) is 5.91 Å². The van der Waals surface area contributed by atoms with Gasteiger partial charge in [0, 0.05) is 36.8 Å². The van der Waals surface area contributed by atoms with Gasteiger partial charge in [0.05, 0.1) is 6.42 Å². The number of Topliss-reactive ketones (excluding diaryl/α,β-unsaturated/α-hetero) is 2. The zero-order chi connectivity index (χ0) is 19.9. The van der Waals surface area contributed by atoms with E-state index in [4.69, 9.17) is 4.74 Å². The first-order chi connectivity index (χ1) is 13.5. The Kier molecular flexibility index (Phi) is 6.37. The fourth-order valence-electron chi connectivity index (χ4n) is 3.05. The van der Waals surface area contributed by atoms with E-state index < -0.39 is 18.4 Å². The van der Waals surface area contributed by atoms with Crippen LogP contribution in [-0.4, -0.2) is 53.0 Å². The molecular formula is C21H22N2O5. The number of amides is 1. The molecular weight excluding hydrogens is 360 g/mol. The fraction of sp³-hybridized carbons (Fsp3) is 0.333. The first kappa shape index (κ1) is 19.5. The van der Waals surface area contributed by atoms with Crippen LogP contribution in [0.1, 0.15) is 56.9 Å². The Morgan fingerprint density at radius 3 is 2.36 bits per heavy atom. The van der Waals surface area contributed by atoms with Crippen molar-refractivity contribution in [1.29, 1.82) is 0 Å². The lowest BCUT2D eigenvalue weighted by Crippen LogP contribution is -2.27. The number of hydrogen-bond acceptors (Lipinski definition) is 5. The Morgan fingerprint density at radius 2 is 1.64 bits per heavy atom. The molecule has 2 aromatic rings. The van der Waals surface area contributed by atoms with E-state index in [1.54, 1.807) is 29.2 Å². The number of nitrogens with one attached hydrogen (secondary N) is 1. The zero-order valence-electron chi connectivity index (χ0n) is 15.5. The number of rotatable bonds is 8. The zero-order valence-corrected chi connectivity index (χ0v) is 15.5. The Bertz CT molecular complexity index is 866. The maximum Gasteiger partial charge on any atom is 0.306 e. The number of ketones is 2. The highest BCUT2D eigenvalue weighted by Crippen LogP contribution is 2.14. The minimum atomic E-state index is -0.610. The van der Waals surface area contributed by atoms with Gasteiger partial charge < -0.3 is 14.6 Å². The molecule has 0 unspecified atom stereocenters. The number of esters is 1. The van der Waals surface area contributed by atoms with Gasteiger partial charge in [0.1, 0.15) is 5.69 Å².